The quantitative estimate of drug-likeness (QED) is 0.844. The lowest BCUT2D eigenvalue weighted by atomic mass is 10.1. The molecule has 1 aromatic carbocycles. The summed E-state index contributed by atoms with van der Waals surface area (Å²) >= 11 is 0. The number of sulfonamides is 1. The molecular formula is C13H21N3O2S. The molecule has 3 N–H and O–H groups in total. The van der Waals surface area contributed by atoms with Gasteiger partial charge in [0, 0.05) is 19.6 Å². The van der Waals surface area contributed by atoms with E-state index in [1.165, 1.54) is 6.42 Å². The van der Waals surface area contributed by atoms with E-state index in [0.29, 0.717) is 6.54 Å². The van der Waals surface area contributed by atoms with Crippen LogP contribution < -0.4 is 10.6 Å². The number of hydrogen-bond acceptors (Lipinski definition) is 4. The molecular weight excluding hydrogens is 262 g/mol. The highest BCUT2D eigenvalue weighted by atomic mass is 32.2. The largest absolute Gasteiger partial charge is 0.326 e. The predicted octanol–water partition coefficient (Wildman–Crippen LogP) is 0.966. The first-order valence-electron chi connectivity index (χ1n) is 6.62. The molecule has 0 spiro atoms. The van der Waals surface area contributed by atoms with Crippen molar-refractivity contribution in [3.05, 3.63) is 35.4 Å². The van der Waals surface area contributed by atoms with Crippen LogP contribution in [-0.2, 0) is 22.3 Å². The normalized spacial score (nSPS) is 17.5. The Balaban J connectivity index is 2.03. The van der Waals surface area contributed by atoms with Crippen molar-refractivity contribution in [2.45, 2.75) is 31.6 Å². The Bertz CT molecular complexity index is 510. The van der Waals surface area contributed by atoms with Gasteiger partial charge in [0.05, 0.1) is 5.75 Å². The summed E-state index contributed by atoms with van der Waals surface area (Å²) < 4.78 is 24.3. The first kappa shape index (κ1) is 14.5. The smallest absolute Gasteiger partial charge is 0.228 e. The minimum atomic E-state index is -3.35. The highest BCUT2D eigenvalue weighted by Gasteiger charge is 2.19. The molecule has 0 radical (unpaired) electrons. The first-order valence-corrected chi connectivity index (χ1v) is 8.28. The van der Waals surface area contributed by atoms with E-state index >= 15 is 0 Å². The second-order valence-corrected chi connectivity index (χ2v) is 6.57. The van der Waals surface area contributed by atoms with Crippen LogP contribution in [0.25, 0.3) is 0 Å². The Labute approximate surface area is 114 Å². The van der Waals surface area contributed by atoms with Crippen molar-refractivity contribution in [2.75, 3.05) is 13.1 Å². The van der Waals surface area contributed by atoms with E-state index in [-0.39, 0.29) is 5.75 Å². The van der Waals surface area contributed by atoms with Gasteiger partial charge in [0.15, 0.2) is 0 Å². The van der Waals surface area contributed by atoms with Gasteiger partial charge in [0.2, 0.25) is 10.0 Å². The van der Waals surface area contributed by atoms with E-state index in [9.17, 15) is 8.42 Å². The van der Waals surface area contributed by atoms with Crippen LogP contribution >= 0.6 is 0 Å². The molecule has 1 aliphatic heterocycles. The van der Waals surface area contributed by atoms with E-state index < -0.39 is 10.0 Å². The average molecular weight is 283 g/mol. The first-order chi connectivity index (χ1) is 9.11. The second kappa shape index (κ2) is 6.47. The lowest BCUT2D eigenvalue weighted by Gasteiger charge is -2.26. The van der Waals surface area contributed by atoms with Crippen molar-refractivity contribution >= 4 is 10.0 Å². The van der Waals surface area contributed by atoms with Gasteiger partial charge in [-0.3, -0.25) is 0 Å². The average Bonchev–Trinajstić information content (AvgIpc) is 2.39. The van der Waals surface area contributed by atoms with Gasteiger partial charge < -0.3 is 5.73 Å². The molecule has 6 heteroatoms. The van der Waals surface area contributed by atoms with Gasteiger partial charge >= 0.3 is 0 Å². The van der Waals surface area contributed by atoms with Gasteiger partial charge in [-0.25, -0.2) is 13.4 Å². The molecule has 2 rings (SSSR count). The van der Waals surface area contributed by atoms with Crippen LogP contribution in [0.4, 0.5) is 0 Å². The third-order valence-corrected chi connectivity index (χ3v) is 4.54. The van der Waals surface area contributed by atoms with Crippen LogP contribution in [0.15, 0.2) is 24.3 Å². The maximum atomic E-state index is 12.1. The Morgan fingerprint density at radius 3 is 2.37 bits per heavy atom. The van der Waals surface area contributed by atoms with Crippen molar-refractivity contribution < 1.29 is 8.42 Å². The van der Waals surface area contributed by atoms with E-state index in [0.717, 1.165) is 37.1 Å². The van der Waals surface area contributed by atoms with Crippen LogP contribution in [0.1, 0.15) is 30.4 Å². The third kappa shape index (κ3) is 4.28. The molecule has 0 unspecified atom stereocenters. The zero-order valence-electron chi connectivity index (χ0n) is 11.0. The summed E-state index contributed by atoms with van der Waals surface area (Å²) in [4.78, 5) is 2.66. The monoisotopic (exact) mass is 283 g/mol. The van der Waals surface area contributed by atoms with Crippen molar-refractivity contribution in [3.63, 3.8) is 0 Å². The van der Waals surface area contributed by atoms with Crippen LogP contribution in [0, 0.1) is 0 Å². The number of piperidine rings is 1. The molecule has 1 fully saturated rings. The van der Waals surface area contributed by atoms with Crippen molar-refractivity contribution in [1.82, 2.24) is 9.84 Å². The highest BCUT2D eigenvalue weighted by Crippen LogP contribution is 2.13. The number of rotatable bonds is 5. The van der Waals surface area contributed by atoms with Gasteiger partial charge in [-0.2, -0.15) is 0 Å². The zero-order valence-corrected chi connectivity index (χ0v) is 11.8. The fourth-order valence-corrected chi connectivity index (χ4v) is 3.65. The van der Waals surface area contributed by atoms with Gasteiger partial charge in [-0.15, -0.1) is 4.83 Å². The number of nitrogens with zero attached hydrogens (tertiary/aromatic N) is 1. The molecule has 0 saturated carbocycles. The number of benzene rings is 1. The SMILES string of the molecule is NCc1ccccc1CS(=O)(=O)NN1CCCCC1. The van der Waals surface area contributed by atoms with Crippen LogP contribution in [0.5, 0.6) is 0 Å². The standard InChI is InChI=1S/C13H21N3O2S/c14-10-12-6-2-3-7-13(12)11-19(17,18)15-16-8-4-1-5-9-16/h2-3,6-7,15H,1,4-5,8-11,14H2. The van der Waals surface area contributed by atoms with Crippen molar-refractivity contribution in [2.24, 2.45) is 5.73 Å². The van der Waals surface area contributed by atoms with Crippen molar-refractivity contribution in [1.29, 1.82) is 0 Å². The summed E-state index contributed by atoms with van der Waals surface area (Å²) in [5.74, 6) is -0.0170. The maximum absolute atomic E-state index is 12.1. The molecule has 0 aliphatic carbocycles. The number of hydrogen-bond donors (Lipinski definition) is 2. The van der Waals surface area contributed by atoms with Gasteiger partial charge in [-0.1, -0.05) is 30.7 Å². The zero-order chi connectivity index (χ0) is 13.7. The molecule has 19 heavy (non-hydrogen) atoms. The Morgan fingerprint density at radius 1 is 1.11 bits per heavy atom. The van der Waals surface area contributed by atoms with Crippen LogP contribution in [0.2, 0.25) is 0 Å². The highest BCUT2D eigenvalue weighted by molar-refractivity contribution is 7.88. The molecule has 1 aromatic rings. The molecule has 0 atom stereocenters. The molecule has 1 heterocycles. The fourth-order valence-electron chi connectivity index (χ4n) is 2.32. The van der Waals surface area contributed by atoms with Gasteiger partial charge in [0.25, 0.3) is 0 Å². The van der Waals surface area contributed by atoms with E-state index in [2.05, 4.69) is 4.83 Å². The molecule has 106 valence electrons. The molecule has 0 aromatic heterocycles. The number of hydrazine groups is 1. The molecule has 0 bridgehead atoms. The van der Waals surface area contributed by atoms with E-state index in [4.69, 9.17) is 5.73 Å². The topological polar surface area (TPSA) is 75.4 Å². The minimum Gasteiger partial charge on any atom is -0.326 e. The summed E-state index contributed by atoms with van der Waals surface area (Å²) in [6.07, 6.45) is 3.26. The second-order valence-electron chi connectivity index (χ2n) is 4.87. The third-order valence-electron chi connectivity index (χ3n) is 3.31. The van der Waals surface area contributed by atoms with E-state index in [1.807, 2.05) is 24.3 Å². The Hall–Kier alpha value is -0.950. The maximum Gasteiger partial charge on any atom is 0.228 e. The molecule has 1 saturated heterocycles. The Morgan fingerprint density at radius 2 is 1.74 bits per heavy atom. The number of nitrogens with two attached hydrogens (primary N) is 1. The van der Waals surface area contributed by atoms with Gasteiger partial charge in [-0.05, 0) is 24.0 Å². The molecule has 0 amide bonds. The van der Waals surface area contributed by atoms with E-state index in [1.54, 1.807) is 5.01 Å². The summed E-state index contributed by atoms with van der Waals surface area (Å²) in [7, 11) is -3.35. The predicted molar refractivity (Wildman–Crippen MR) is 75.5 cm³/mol. The summed E-state index contributed by atoms with van der Waals surface area (Å²) in [5.41, 5.74) is 7.28. The Kier molecular flexibility index (Phi) is 4.93. The van der Waals surface area contributed by atoms with Gasteiger partial charge in [0.1, 0.15) is 0 Å². The minimum absolute atomic E-state index is 0.0170. The molecule has 5 nitrogen and oxygen atoms in total. The summed E-state index contributed by atoms with van der Waals surface area (Å²) in [5, 5.41) is 1.80. The lowest BCUT2D eigenvalue weighted by molar-refractivity contribution is 0.200. The number of nitrogens with one attached hydrogen (secondary N) is 1. The fraction of sp³-hybridized carbons (Fsp3) is 0.538. The van der Waals surface area contributed by atoms with Crippen molar-refractivity contribution in [3.8, 4) is 0 Å². The van der Waals surface area contributed by atoms with Crippen LogP contribution in [0.3, 0.4) is 0 Å². The summed E-state index contributed by atoms with van der Waals surface area (Å²) in [6.45, 7) is 1.94. The van der Waals surface area contributed by atoms with Crippen LogP contribution in [-0.4, -0.2) is 26.5 Å². The lowest BCUT2D eigenvalue weighted by Crippen LogP contribution is -2.45. The summed E-state index contributed by atoms with van der Waals surface area (Å²) in [6, 6.07) is 7.39. The molecule has 1 aliphatic rings.